The van der Waals surface area contributed by atoms with Crippen LogP contribution < -0.4 is 5.32 Å². The van der Waals surface area contributed by atoms with E-state index in [1.165, 1.54) is 17.1 Å². The second kappa shape index (κ2) is 6.15. The summed E-state index contributed by atoms with van der Waals surface area (Å²) in [4.78, 5) is 16.1. The third kappa shape index (κ3) is 3.26. The van der Waals surface area contributed by atoms with Gasteiger partial charge in [-0.25, -0.2) is 0 Å². The van der Waals surface area contributed by atoms with Gasteiger partial charge in [-0.2, -0.15) is 15.3 Å². The largest absolute Gasteiger partial charge is 0.461 e. The Morgan fingerprint density at radius 2 is 2.39 bits per heavy atom. The lowest BCUT2D eigenvalue weighted by molar-refractivity contribution is -0.116. The Bertz CT molecular complexity index is 856. The number of rotatable bonds is 5. The minimum Gasteiger partial charge on any atom is -0.461 e. The average molecular weight is 312 g/mol. The van der Waals surface area contributed by atoms with Crippen LogP contribution in [0.3, 0.4) is 0 Å². The summed E-state index contributed by atoms with van der Waals surface area (Å²) in [5.74, 6) is 1.10. The molecular weight excluding hydrogens is 300 g/mol. The first-order valence-corrected chi connectivity index (χ1v) is 6.76. The molecule has 23 heavy (non-hydrogen) atoms. The van der Waals surface area contributed by atoms with Gasteiger partial charge in [-0.05, 0) is 12.1 Å². The molecule has 0 saturated carbocycles. The fourth-order valence-electron chi connectivity index (χ4n) is 1.94. The molecule has 1 amide bonds. The fourth-order valence-corrected chi connectivity index (χ4v) is 1.94. The van der Waals surface area contributed by atoms with Crippen LogP contribution in [0, 0.1) is 11.3 Å². The van der Waals surface area contributed by atoms with E-state index in [0.717, 1.165) is 0 Å². The van der Waals surface area contributed by atoms with Crippen molar-refractivity contribution < 1.29 is 13.7 Å². The second-order valence-corrected chi connectivity index (χ2v) is 4.71. The highest BCUT2D eigenvalue weighted by Gasteiger charge is 2.14. The Balaban J connectivity index is 1.58. The van der Waals surface area contributed by atoms with Gasteiger partial charge in [0.2, 0.25) is 17.6 Å². The third-order valence-corrected chi connectivity index (χ3v) is 2.98. The summed E-state index contributed by atoms with van der Waals surface area (Å²) in [6.07, 6.45) is 3.44. The highest BCUT2D eigenvalue weighted by Crippen LogP contribution is 2.16. The number of aromatic nitrogens is 4. The normalized spacial score (nSPS) is 10.4. The minimum atomic E-state index is -0.294. The maximum absolute atomic E-state index is 11.9. The predicted molar refractivity (Wildman–Crippen MR) is 76.9 cm³/mol. The van der Waals surface area contributed by atoms with Crippen molar-refractivity contribution in [1.29, 1.82) is 5.26 Å². The van der Waals surface area contributed by atoms with Crippen molar-refractivity contribution >= 4 is 11.7 Å². The van der Waals surface area contributed by atoms with E-state index >= 15 is 0 Å². The van der Waals surface area contributed by atoms with Crippen molar-refractivity contribution in [3.8, 4) is 17.7 Å². The number of anilines is 1. The van der Waals surface area contributed by atoms with Crippen LogP contribution in [0.25, 0.3) is 11.6 Å². The molecule has 0 radical (unpaired) electrons. The molecule has 0 aromatic carbocycles. The van der Waals surface area contributed by atoms with Crippen molar-refractivity contribution in [3.63, 3.8) is 0 Å². The maximum Gasteiger partial charge on any atom is 0.238 e. The number of nitriles is 1. The molecule has 0 fully saturated rings. The number of carbonyl (C=O) groups excluding carboxylic acids is 1. The minimum absolute atomic E-state index is 0.126. The highest BCUT2D eigenvalue weighted by molar-refractivity contribution is 5.90. The number of aryl methyl sites for hydroxylation is 2. The molecule has 0 aliphatic rings. The zero-order chi connectivity index (χ0) is 16.2. The van der Waals surface area contributed by atoms with Crippen LogP contribution in [0.4, 0.5) is 5.82 Å². The Kier molecular flexibility index (Phi) is 3.88. The van der Waals surface area contributed by atoms with Crippen molar-refractivity contribution in [2.45, 2.75) is 12.8 Å². The van der Waals surface area contributed by atoms with Gasteiger partial charge in [-0.1, -0.05) is 5.16 Å². The van der Waals surface area contributed by atoms with Crippen molar-refractivity contribution in [2.75, 3.05) is 5.32 Å². The van der Waals surface area contributed by atoms with Gasteiger partial charge in [0.1, 0.15) is 11.6 Å². The molecule has 0 saturated heterocycles. The molecule has 3 aromatic rings. The molecule has 9 heteroatoms. The van der Waals surface area contributed by atoms with Gasteiger partial charge in [0.15, 0.2) is 11.6 Å². The van der Waals surface area contributed by atoms with Crippen LogP contribution in [0.15, 0.2) is 33.5 Å². The second-order valence-electron chi connectivity index (χ2n) is 4.71. The first-order valence-electron chi connectivity index (χ1n) is 6.76. The Morgan fingerprint density at radius 1 is 1.52 bits per heavy atom. The van der Waals surface area contributed by atoms with Crippen LogP contribution in [0.1, 0.15) is 17.9 Å². The van der Waals surface area contributed by atoms with Crippen LogP contribution >= 0.6 is 0 Å². The number of amides is 1. The van der Waals surface area contributed by atoms with Gasteiger partial charge in [0, 0.05) is 26.1 Å². The Labute approximate surface area is 130 Å². The van der Waals surface area contributed by atoms with Crippen molar-refractivity contribution in [1.82, 2.24) is 19.9 Å². The highest BCUT2D eigenvalue weighted by atomic mass is 16.5. The van der Waals surface area contributed by atoms with E-state index in [1.807, 2.05) is 6.07 Å². The molecule has 9 nitrogen and oxygen atoms in total. The number of nitrogens with zero attached hydrogens (tertiary/aromatic N) is 5. The van der Waals surface area contributed by atoms with Gasteiger partial charge >= 0.3 is 0 Å². The number of hydrogen-bond donors (Lipinski definition) is 1. The molecule has 0 spiro atoms. The summed E-state index contributed by atoms with van der Waals surface area (Å²) >= 11 is 0. The molecule has 0 aliphatic carbocycles. The number of nitrogens with one attached hydrogen (secondary N) is 1. The monoisotopic (exact) mass is 312 g/mol. The Morgan fingerprint density at radius 3 is 3.13 bits per heavy atom. The van der Waals surface area contributed by atoms with Crippen molar-refractivity contribution in [2.24, 2.45) is 7.05 Å². The van der Waals surface area contributed by atoms with E-state index < -0.39 is 0 Å². The SMILES string of the molecule is Cn1cc(C#N)c(NC(=O)CCc2nc(-c3ccco3)no2)n1. The first kappa shape index (κ1) is 14.5. The van der Waals surface area contributed by atoms with Gasteiger partial charge in [-0.3, -0.25) is 9.48 Å². The topological polar surface area (TPSA) is 123 Å². The molecule has 116 valence electrons. The lowest BCUT2D eigenvalue weighted by Crippen LogP contribution is -2.13. The quantitative estimate of drug-likeness (QED) is 0.757. The molecule has 0 atom stereocenters. The van der Waals surface area contributed by atoms with Crippen LogP contribution in [0.5, 0.6) is 0 Å². The van der Waals surface area contributed by atoms with Gasteiger partial charge < -0.3 is 14.3 Å². The number of hydrogen-bond acceptors (Lipinski definition) is 7. The summed E-state index contributed by atoms with van der Waals surface area (Å²) in [6, 6.07) is 5.40. The lowest BCUT2D eigenvalue weighted by Gasteiger charge is -2.00. The Hall–Kier alpha value is -3.41. The number of furan rings is 1. The fraction of sp³-hybridized carbons (Fsp3) is 0.214. The molecule has 1 N–H and O–H groups in total. The maximum atomic E-state index is 11.9. The van der Waals surface area contributed by atoms with Crippen LogP contribution in [-0.2, 0) is 18.3 Å². The molecular formula is C14H12N6O3. The molecule has 0 unspecified atom stereocenters. The van der Waals surface area contributed by atoms with E-state index in [-0.39, 0.29) is 24.6 Å². The molecule has 0 bridgehead atoms. The summed E-state index contributed by atoms with van der Waals surface area (Å²) in [5.41, 5.74) is 0.304. The van der Waals surface area contributed by atoms with E-state index in [2.05, 4.69) is 20.6 Å². The predicted octanol–water partition coefficient (Wildman–Crippen LogP) is 1.51. The third-order valence-electron chi connectivity index (χ3n) is 2.98. The summed E-state index contributed by atoms with van der Waals surface area (Å²) in [7, 11) is 1.67. The lowest BCUT2D eigenvalue weighted by atomic mass is 10.3. The van der Waals surface area contributed by atoms with E-state index in [4.69, 9.17) is 14.2 Å². The number of carbonyl (C=O) groups is 1. The van der Waals surface area contributed by atoms with Crippen LogP contribution in [0.2, 0.25) is 0 Å². The standard InChI is InChI=1S/C14H12N6O3/c1-20-8-9(7-15)13(18-20)16-11(21)4-5-12-17-14(19-23-12)10-3-2-6-22-10/h2-3,6,8H,4-5H2,1H3,(H,16,18,21). The zero-order valence-electron chi connectivity index (χ0n) is 12.2. The van der Waals surface area contributed by atoms with E-state index in [0.29, 0.717) is 23.0 Å². The zero-order valence-corrected chi connectivity index (χ0v) is 12.2. The molecule has 3 aromatic heterocycles. The van der Waals surface area contributed by atoms with Gasteiger partial charge in [0.25, 0.3) is 0 Å². The smallest absolute Gasteiger partial charge is 0.238 e. The summed E-state index contributed by atoms with van der Waals surface area (Å²) < 4.78 is 11.7. The summed E-state index contributed by atoms with van der Waals surface area (Å²) in [5, 5.41) is 19.3. The van der Waals surface area contributed by atoms with Crippen LogP contribution in [-0.4, -0.2) is 25.8 Å². The molecule has 0 aliphatic heterocycles. The van der Waals surface area contributed by atoms with E-state index in [9.17, 15) is 4.79 Å². The first-order chi connectivity index (χ1) is 11.2. The van der Waals surface area contributed by atoms with Gasteiger partial charge in [0.05, 0.1) is 6.26 Å². The average Bonchev–Trinajstić information content (AvgIpc) is 3.25. The van der Waals surface area contributed by atoms with Gasteiger partial charge in [-0.15, -0.1) is 0 Å². The molecule has 3 rings (SSSR count). The van der Waals surface area contributed by atoms with E-state index in [1.54, 1.807) is 19.2 Å². The summed E-state index contributed by atoms with van der Waals surface area (Å²) in [6.45, 7) is 0. The molecule has 3 heterocycles. The van der Waals surface area contributed by atoms with Crippen molar-refractivity contribution in [3.05, 3.63) is 36.0 Å².